The fourth-order valence-electron chi connectivity index (χ4n) is 3.93. The molecule has 1 spiro atoms. The summed E-state index contributed by atoms with van der Waals surface area (Å²) in [5.74, 6) is -0.525. The summed E-state index contributed by atoms with van der Waals surface area (Å²) in [6.45, 7) is 4.54. The maximum absolute atomic E-state index is 12.8. The molecule has 6 atom stereocenters. The van der Waals surface area contributed by atoms with Gasteiger partial charge in [-0.05, 0) is 20.8 Å². The lowest BCUT2D eigenvalue weighted by molar-refractivity contribution is -0.152. The molecule has 0 radical (unpaired) electrons. The van der Waals surface area contributed by atoms with Crippen molar-refractivity contribution >= 4 is 13.8 Å². The predicted molar refractivity (Wildman–Crippen MR) is 102 cm³/mol. The number of hydrogen-bond acceptors (Lipinski definition) is 11. The van der Waals surface area contributed by atoms with Gasteiger partial charge in [0.2, 0.25) is 0 Å². The third-order valence-corrected chi connectivity index (χ3v) is 6.82. The number of H-pyrrole nitrogens is 1. The largest absolute Gasteiger partial charge is 0.476 e. The van der Waals surface area contributed by atoms with E-state index in [0.29, 0.717) is 0 Å². The van der Waals surface area contributed by atoms with E-state index in [0.717, 1.165) is 10.6 Å². The molecule has 3 N–H and O–H groups in total. The molecular formula is C17H24N3O10P. The summed E-state index contributed by atoms with van der Waals surface area (Å²) in [5.41, 5.74) is 2.61. The summed E-state index contributed by atoms with van der Waals surface area (Å²) in [6.07, 6.45) is -1.36. The van der Waals surface area contributed by atoms with Crippen molar-refractivity contribution in [3.05, 3.63) is 33.1 Å². The lowest BCUT2D eigenvalue weighted by Crippen LogP contribution is -2.57. The minimum atomic E-state index is -3.96. The Morgan fingerprint density at radius 3 is 2.77 bits per heavy atom. The zero-order chi connectivity index (χ0) is 22.6. The van der Waals surface area contributed by atoms with Crippen molar-refractivity contribution < 1.29 is 37.1 Å². The van der Waals surface area contributed by atoms with Gasteiger partial charge < -0.3 is 19.9 Å². The molecule has 0 aromatic carbocycles. The molecule has 3 aliphatic rings. The van der Waals surface area contributed by atoms with Gasteiger partial charge in [-0.2, -0.15) is 0 Å². The van der Waals surface area contributed by atoms with E-state index >= 15 is 0 Å². The van der Waals surface area contributed by atoms with Gasteiger partial charge in [-0.25, -0.2) is 14.2 Å². The Hall–Kier alpha value is -1.86. The Morgan fingerprint density at radius 1 is 1.35 bits per heavy atom. The molecule has 172 valence electrons. The van der Waals surface area contributed by atoms with Gasteiger partial charge >= 0.3 is 19.5 Å². The number of rotatable bonds is 8. The van der Waals surface area contributed by atoms with Crippen LogP contribution >= 0.6 is 7.82 Å². The van der Waals surface area contributed by atoms with Crippen LogP contribution in [0.5, 0.6) is 0 Å². The maximum Gasteiger partial charge on any atom is 0.476 e. The smallest absolute Gasteiger partial charge is 0.461 e. The van der Waals surface area contributed by atoms with Crippen LogP contribution in [0.2, 0.25) is 0 Å². The number of hydrogen-bond donors (Lipinski definition) is 2. The molecule has 3 heterocycles. The standard InChI is InChI=1S/C17H24N3O10P/c1-9(2)27-11(22)8-25-6-7-26-31(24)29-13-12-17(13,30-31)16(3,18)14(28-12)20-5-4-10(21)19-15(20)23/h4-5,9,12-14H,6-8,18H2,1-3H3,(H,19,21,23)/t12-,13?,14-,16+,17+,31+/m1/s1. The van der Waals surface area contributed by atoms with E-state index in [2.05, 4.69) is 4.98 Å². The molecule has 0 amide bonds. The Balaban J connectivity index is 1.35. The molecule has 1 aromatic heterocycles. The summed E-state index contributed by atoms with van der Waals surface area (Å²) in [7, 11) is -3.96. The third kappa shape index (κ3) is 3.69. The fraction of sp³-hybridized carbons (Fsp3) is 0.706. The van der Waals surface area contributed by atoms with Crippen molar-refractivity contribution in [1.82, 2.24) is 9.55 Å². The van der Waals surface area contributed by atoms with E-state index in [-0.39, 0.29) is 25.9 Å². The van der Waals surface area contributed by atoms with Crippen LogP contribution in [0.3, 0.4) is 0 Å². The monoisotopic (exact) mass is 461 g/mol. The second kappa shape index (κ2) is 7.62. The number of carbonyl (C=O) groups is 1. The number of ether oxygens (including phenoxy) is 3. The molecule has 1 unspecified atom stereocenters. The quantitative estimate of drug-likeness (QED) is 0.288. The third-order valence-electron chi connectivity index (χ3n) is 5.32. The molecule has 2 aliphatic heterocycles. The fourth-order valence-corrected chi connectivity index (χ4v) is 5.70. The van der Waals surface area contributed by atoms with Gasteiger partial charge in [0.05, 0.1) is 24.9 Å². The van der Waals surface area contributed by atoms with Crippen LogP contribution in [-0.4, -0.2) is 64.8 Å². The minimum absolute atomic E-state index is 0.0449. The summed E-state index contributed by atoms with van der Waals surface area (Å²) >= 11 is 0. The molecule has 0 bridgehead atoms. The van der Waals surface area contributed by atoms with E-state index in [1.54, 1.807) is 20.8 Å². The highest BCUT2D eigenvalue weighted by Crippen LogP contribution is 2.76. The average molecular weight is 461 g/mol. The summed E-state index contributed by atoms with van der Waals surface area (Å²) < 4.78 is 46.2. The van der Waals surface area contributed by atoms with E-state index < -0.39 is 54.6 Å². The first-order valence-corrected chi connectivity index (χ1v) is 11.1. The van der Waals surface area contributed by atoms with Crippen LogP contribution < -0.4 is 17.0 Å². The molecule has 4 rings (SSSR count). The SMILES string of the molecule is CC(C)OC(=O)COCCO[P@@]1(=O)OC2[C@H]3O[C@@H](n4ccc(=O)[nH]c4=O)[C@](C)(N)[C@@]23O1. The van der Waals surface area contributed by atoms with Crippen molar-refractivity contribution in [1.29, 1.82) is 0 Å². The van der Waals surface area contributed by atoms with Gasteiger partial charge in [0.1, 0.15) is 18.8 Å². The second-order valence-electron chi connectivity index (χ2n) is 7.99. The molecule has 3 fully saturated rings. The van der Waals surface area contributed by atoms with Crippen LogP contribution in [0.1, 0.15) is 27.0 Å². The molecule has 1 aromatic rings. The Labute approximate surface area is 176 Å². The topological polar surface area (TPSA) is 170 Å². The molecule has 14 heteroatoms. The number of aromatic amines is 1. The molecule has 1 saturated carbocycles. The lowest BCUT2D eigenvalue weighted by atomic mass is 9.92. The number of nitrogens with zero attached hydrogens (tertiary/aromatic N) is 1. The van der Waals surface area contributed by atoms with Crippen molar-refractivity contribution in [2.45, 2.75) is 56.5 Å². The van der Waals surface area contributed by atoms with E-state index in [4.69, 9.17) is 33.5 Å². The van der Waals surface area contributed by atoms with Gasteiger partial charge in [0.15, 0.2) is 11.8 Å². The Kier molecular flexibility index (Phi) is 5.49. The number of phosphoric ester groups is 1. The number of nitrogens with two attached hydrogens (primary N) is 1. The lowest BCUT2D eigenvalue weighted by Gasteiger charge is -2.33. The van der Waals surface area contributed by atoms with Crippen LogP contribution in [0.4, 0.5) is 0 Å². The first-order chi connectivity index (χ1) is 14.5. The van der Waals surface area contributed by atoms with Gasteiger partial charge in [-0.1, -0.05) is 0 Å². The van der Waals surface area contributed by atoms with Gasteiger partial charge in [-0.3, -0.25) is 27.9 Å². The van der Waals surface area contributed by atoms with Gasteiger partial charge in [-0.15, -0.1) is 0 Å². The minimum Gasteiger partial charge on any atom is -0.461 e. The van der Waals surface area contributed by atoms with E-state index in [1.807, 2.05) is 0 Å². The number of nitrogens with one attached hydrogen (secondary N) is 1. The van der Waals surface area contributed by atoms with Crippen molar-refractivity contribution in [2.75, 3.05) is 19.8 Å². The van der Waals surface area contributed by atoms with E-state index in [9.17, 15) is 18.9 Å². The molecule has 2 saturated heterocycles. The first kappa shape index (κ1) is 22.3. The molecule has 31 heavy (non-hydrogen) atoms. The maximum atomic E-state index is 12.8. The first-order valence-electron chi connectivity index (χ1n) is 9.67. The van der Waals surface area contributed by atoms with Crippen molar-refractivity contribution in [2.24, 2.45) is 5.73 Å². The van der Waals surface area contributed by atoms with Crippen LogP contribution in [-0.2, 0) is 37.1 Å². The van der Waals surface area contributed by atoms with Gasteiger partial charge in [0, 0.05) is 12.3 Å². The average Bonchev–Trinajstić information content (AvgIpc) is 2.97. The number of phosphoric acid groups is 1. The Morgan fingerprint density at radius 2 is 2.10 bits per heavy atom. The molecule has 13 nitrogen and oxygen atoms in total. The summed E-state index contributed by atoms with van der Waals surface area (Å²) in [5, 5.41) is 0. The zero-order valence-corrected chi connectivity index (χ0v) is 18.0. The van der Waals surface area contributed by atoms with Gasteiger partial charge in [0.25, 0.3) is 5.56 Å². The van der Waals surface area contributed by atoms with Crippen LogP contribution in [0, 0.1) is 0 Å². The highest BCUT2D eigenvalue weighted by atomic mass is 31.2. The van der Waals surface area contributed by atoms with Crippen LogP contribution in [0.25, 0.3) is 0 Å². The Bertz CT molecular complexity index is 1040. The molecule has 1 aliphatic carbocycles. The summed E-state index contributed by atoms with van der Waals surface area (Å²) in [6, 6.07) is 1.16. The summed E-state index contributed by atoms with van der Waals surface area (Å²) in [4.78, 5) is 37.0. The molecular weight excluding hydrogens is 437 g/mol. The number of aromatic nitrogens is 2. The number of esters is 1. The number of fused-ring (bicyclic) bond motifs is 1. The predicted octanol–water partition coefficient (Wildman–Crippen LogP) is -0.588. The van der Waals surface area contributed by atoms with Crippen molar-refractivity contribution in [3.63, 3.8) is 0 Å². The van der Waals surface area contributed by atoms with Crippen LogP contribution in [0.15, 0.2) is 21.9 Å². The highest BCUT2D eigenvalue weighted by molar-refractivity contribution is 7.48. The number of carbonyl (C=O) groups excluding carboxylic acids is 1. The zero-order valence-electron chi connectivity index (χ0n) is 17.1. The normalized spacial score (nSPS) is 38.2. The second-order valence-corrected chi connectivity index (χ2v) is 9.54. The van der Waals surface area contributed by atoms with E-state index in [1.165, 1.54) is 6.20 Å². The van der Waals surface area contributed by atoms with Crippen molar-refractivity contribution in [3.8, 4) is 0 Å². The highest BCUT2D eigenvalue weighted by Gasteiger charge is 2.89.